The van der Waals surface area contributed by atoms with E-state index in [9.17, 15) is 0 Å². The van der Waals surface area contributed by atoms with Crippen LogP contribution in [0, 0.1) is 0 Å². The first-order valence-electron chi connectivity index (χ1n) is 9.76. The number of benzene rings is 2. The van der Waals surface area contributed by atoms with Crippen LogP contribution in [0.2, 0.25) is 0 Å². The molecule has 0 atom stereocenters. The van der Waals surface area contributed by atoms with Crippen molar-refractivity contribution in [1.82, 2.24) is 4.90 Å². The van der Waals surface area contributed by atoms with Crippen LogP contribution in [0.5, 0.6) is 0 Å². The molecular formula is C22H29IN4. The van der Waals surface area contributed by atoms with E-state index in [0.717, 1.165) is 44.7 Å². The van der Waals surface area contributed by atoms with E-state index in [-0.39, 0.29) is 24.0 Å². The summed E-state index contributed by atoms with van der Waals surface area (Å²) in [5.41, 5.74) is 13.0. The number of fused-ring (bicyclic) bond motifs is 2. The van der Waals surface area contributed by atoms with Crippen LogP contribution in [0.15, 0.2) is 47.5 Å². The lowest BCUT2D eigenvalue weighted by Crippen LogP contribution is -2.31. The number of hydrogen-bond acceptors (Lipinski definition) is 2. The summed E-state index contributed by atoms with van der Waals surface area (Å²) in [5, 5.41) is 3.24. The Kier molecular flexibility index (Phi) is 7.13. The maximum Gasteiger partial charge on any atom is 0.193 e. The van der Waals surface area contributed by atoms with Gasteiger partial charge in [0.15, 0.2) is 5.96 Å². The van der Waals surface area contributed by atoms with Crippen LogP contribution in [0.4, 0.5) is 5.69 Å². The summed E-state index contributed by atoms with van der Waals surface area (Å²) in [5.74, 6) is 0.520. The normalized spacial score (nSPS) is 16.4. The maximum absolute atomic E-state index is 6.06. The van der Waals surface area contributed by atoms with Crippen LogP contribution >= 0.6 is 24.0 Å². The minimum absolute atomic E-state index is 0. The van der Waals surface area contributed by atoms with Crippen molar-refractivity contribution in [3.05, 3.63) is 64.7 Å². The highest BCUT2D eigenvalue weighted by atomic mass is 127. The lowest BCUT2D eigenvalue weighted by atomic mass is 10.00. The molecule has 0 spiro atoms. The molecule has 0 aromatic heterocycles. The Morgan fingerprint density at radius 1 is 1.00 bits per heavy atom. The second kappa shape index (κ2) is 9.55. The van der Waals surface area contributed by atoms with Gasteiger partial charge in [-0.1, -0.05) is 30.3 Å². The first-order valence-corrected chi connectivity index (χ1v) is 9.76. The van der Waals surface area contributed by atoms with Crippen LogP contribution < -0.4 is 11.1 Å². The molecule has 27 heavy (non-hydrogen) atoms. The van der Waals surface area contributed by atoms with Gasteiger partial charge in [-0.25, -0.2) is 0 Å². The van der Waals surface area contributed by atoms with Crippen molar-refractivity contribution in [1.29, 1.82) is 0 Å². The van der Waals surface area contributed by atoms with Crippen molar-refractivity contribution in [2.75, 3.05) is 25.0 Å². The molecule has 1 aliphatic heterocycles. The van der Waals surface area contributed by atoms with Gasteiger partial charge in [-0.3, -0.25) is 9.89 Å². The monoisotopic (exact) mass is 476 g/mol. The van der Waals surface area contributed by atoms with Crippen molar-refractivity contribution in [2.45, 2.75) is 38.6 Å². The number of aryl methyl sites for hydroxylation is 2. The minimum atomic E-state index is 0. The van der Waals surface area contributed by atoms with Gasteiger partial charge in [-0.2, -0.15) is 0 Å². The molecule has 4 nitrogen and oxygen atoms in total. The molecule has 2 aromatic carbocycles. The summed E-state index contributed by atoms with van der Waals surface area (Å²) in [6.07, 6.45) is 5.85. The van der Waals surface area contributed by atoms with Crippen LogP contribution in [0.25, 0.3) is 0 Å². The first-order chi connectivity index (χ1) is 12.8. The average molecular weight is 476 g/mol. The van der Waals surface area contributed by atoms with E-state index in [4.69, 9.17) is 5.73 Å². The smallest absolute Gasteiger partial charge is 0.193 e. The van der Waals surface area contributed by atoms with Gasteiger partial charge in [0, 0.05) is 31.9 Å². The Hall–Kier alpha value is -1.60. The summed E-state index contributed by atoms with van der Waals surface area (Å²) >= 11 is 0. The highest BCUT2D eigenvalue weighted by molar-refractivity contribution is 14.0. The second-order valence-electron chi connectivity index (χ2n) is 7.38. The standard InChI is InChI=1S/C22H28N4.HI/c23-22(25-21-10-9-17-7-3-8-19(17)15-21)24-12-4-13-26-14-11-18-5-1-2-6-20(18)16-26;/h1-2,5-6,9-10,15H,3-4,7-8,11-14,16H2,(H3,23,24,25);1H. The molecular weight excluding hydrogens is 447 g/mol. The van der Waals surface area contributed by atoms with E-state index >= 15 is 0 Å². The number of nitrogens with zero attached hydrogens (tertiary/aromatic N) is 2. The highest BCUT2D eigenvalue weighted by Crippen LogP contribution is 2.24. The predicted octanol–water partition coefficient (Wildman–Crippen LogP) is 3.97. The fourth-order valence-corrected chi connectivity index (χ4v) is 4.08. The van der Waals surface area contributed by atoms with Crippen LogP contribution in [-0.2, 0) is 25.8 Å². The third-order valence-corrected chi connectivity index (χ3v) is 5.50. The molecule has 4 rings (SSSR count). The largest absolute Gasteiger partial charge is 0.370 e. The Labute approximate surface area is 179 Å². The van der Waals surface area contributed by atoms with Gasteiger partial charge >= 0.3 is 0 Å². The Balaban J connectivity index is 0.00000210. The third-order valence-electron chi connectivity index (χ3n) is 5.50. The molecule has 0 saturated heterocycles. The summed E-state index contributed by atoms with van der Waals surface area (Å²) in [4.78, 5) is 7.01. The minimum Gasteiger partial charge on any atom is -0.370 e. The van der Waals surface area contributed by atoms with Gasteiger partial charge in [-0.05, 0) is 66.5 Å². The highest BCUT2D eigenvalue weighted by Gasteiger charge is 2.14. The zero-order chi connectivity index (χ0) is 17.8. The summed E-state index contributed by atoms with van der Waals surface area (Å²) in [6.45, 7) is 4.04. The van der Waals surface area contributed by atoms with Gasteiger partial charge in [0.1, 0.15) is 0 Å². The zero-order valence-electron chi connectivity index (χ0n) is 15.8. The Bertz CT molecular complexity index is 803. The van der Waals surface area contributed by atoms with E-state index in [1.165, 1.54) is 41.5 Å². The average Bonchev–Trinajstić information content (AvgIpc) is 3.13. The fraction of sp³-hybridized carbons (Fsp3) is 0.409. The SMILES string of the molecule is I.NC(=NCCCN1CCc2ccccc2C1)Nc1ccc2c(c1)CCC2. The van der Waals surface area contributed by atoms with Gasteiger partial charge in [0.25, 0.3) is 0 Å². The van der Waals surface area contributed by atoms with Crippen molar-refractivity contribution in [2.24, 2.45) is 10.7 Å². The molecule has 5 heteroatoms. The number of hydrogen-bond donors (Lipinski definition) is 2. The number of nitrogens with one attached hydrogen (secondary N) is 1. The number of aliphatic imine (C=N–C) groups is 1. The van der Waals surface area contributed by atoms with Crippen molar-refractivity contribution in [3.8, 4) is 0 Å². The molecule has 0 radical (unpaired) electrons. The molecule has 0 bridgehead atoms. The summed E-state index contributed by atoms with van der Waals surface area (Å²) in [7, 11) is 0. The molecule has 0 fully saturated rings. The van der Waals surface area contributed by atoms with E-state index < -0.39 is 0 Å². The first kappa shape index (κ1) is 20.1. The van der Waals surface area contributed by atoms with Crippen molar-refractivity contribution >= 4 is 35.6 Å². The molecule has 3 N–H and O–H groups in total. The van der Waals surface area contributed by atoms with Crippen LogP contribution in [-0.4, -0.2) is 30.5 Å². The number of rotatable bonds is 5. The van der Waals surface area contributed by atoms with Crippen LogP contribution in [0.3, 0.4) is 0 Å². The van der Waals surface area contributed by atoms with E-state index in [1.807, 2.05) is 0 Å². The van der Waals surface area contributed by atoms with Crippen molar-refractivity contribution < 1.29 is 0 Å². The summed E-state index contributed by atoms with van der Waals surface area (Å²) in [6, 6.07) is 15.3. The van der Waals surface area contributed by atoms with Crippen LogP contribution in [0.1, 0.15) is 35.1 Å². The number of nitrogens with two attached hydrogens (primary N) is 1. The molecule has 1 aliphatic carbocycles. The number of guanidine groups is 1. The second-order valence-corrected chi connectivity index (χ2v) is 7.38. The molecule has 0 unspecified atom stereocenters. The van der Waals surface area contributed by atoms with E-state index in [0.29, 0.717) is 5.96 Å². The zero-order valence-corrected chi connectivity index (χ0v) is 18.1. The topological polar surface area (TPSA) is 53.6 Å². The predicted molar refractivity (Wildman–Crippen MR) is 124 cm³/mol. The quantitative estimate of drug-likeness (QED) is 0.297. The molecule has 144 valence electrons. The van der Waals surface area contributed by atoms with Crippen molar-refractivity contribution in [3.63, 3.8) is 0 Å². The van der Waals surface area contributed by atoms with E-state index in [1.54, 1.807) is 0 Å². The molecule has 1 heterocycles. The van der Waals surface area contributed by atoms with E-state index in [2.05, 4.69) is 57.7 Å². The Morgan fingerprint density at radius 2 is 1.78 bits per heavy atom. The maximum atomic E-state index is 6.06. The molecule has 0 amide bonds. The number of halogens is 1. The fourth-order valence-electron chi connectivity index (χ4n) is 4.08. The van der Waals surface area contributed by atoms with Gasteiger partial charge in [0.05, 0.1) is 0 Å². The molecule has 0 saturated carbocycles. The van der Waals surface area contributed by atoms with Gasteiger partial charge < -0.3 is 11.1 Å². The van der Waals surface area contributed by atoms with Gasteiger partial charge in [0.2, 0.25) is 0 Å². The molecule has 2 aliphatic rings. The third kappa shape index (κ3) is 5.23. The summed E-state index contributed by atoms with van der Waals surface area (Å²) < 4.78 is 0. The lowest BCUT2D eigenvalue weighted by molar-refractivity contribution is 0.253. The van der Waals surface area contributed by atoms with Gasteiger partial charge in [-0.15, -0.1) is 24.0 Å². The number of anilines is 1. The Morgan fingerprint density at radius 3 is 2.67 bits per heavy atom. The lowest BCUT2D eigenvalue weighted by Gasteiger charge is -2.28. The molecule has 2 aromatic rings.